The standard InChI is InChI=1S/C20H24Cl2N2O4S2/c21-17-4-8-19(9-5-17)29(25,26)23-13-15-2-1-3-16(12-15)14-24-30(27,28)20-10-6-18(22)7-11-20/h4-11,15-16,23-24H,1-3,12-14H2/t15-,16-/m0/s1. The van der Waals surface area contributed by atoms with Crippen molar-refractivity contribution in [2.24, 2.45) is 11.8 Å². The second kappa shape index (κ2) is 9.97. The lowest BCUT2D eigenvalue weighted by Gasteiger charge is -2.29. The summed E-state index contributed by atoms with van der Waals surface area (Å²) in [5, 5.41) is 0.954. The molecule has 2 aromatic rings. The Balaban J connectivity index is 1.52. The van der Waals surface area contributed by atoms with E-state index in [-0.39, 0.29) is 21.6 Å². The van der Waals surface area contributed by atoms with Crippen LogP contribution >= 0.6 is 23.2 Å². The normalized spacial score (nSPS) is 20.2. The predicted molar refractivity (Wildman–Crippen MR) is 119 cm³/mol. The van der Waals surface area contributed by atoms with Crippen molar-refractivity contribution in [3.63, 3.8) is 0 Å². The molecule has 1 aliphatic carbocycles. The largest absolute Gasteiger partial charge is 0.240 e. The van der Waals surface area contributed by atoms with Gasteiger partial charge in [-0.25, -0.2) is 26.3 Å². The van der Waals surface area contributed by atoms with Crippen molar-refractivity contribution in [1.82, 2.24) is 9.44 Å². The molecule has 30 heavy (non-hydrogen) atoms. The summed E-state index contributed by atoms with van der Waals surface area (Å²) in [6.45, 7) is 0.650. The summed E-state index contributed by atoms with van der Waals surface area (Å²) in [6.07, 6.45) is 3.50. The average Bonchev–Trinajstić information content (AvgIpc) is 2.72. The molecule has 0 amide bonds. The van der Waals surface area contributed by atoms with Crippen LogP contribution in [0.1, 0.15) is 25.7 Å². The minimum absolute atomic E-state index is 0.158. The molecule has 0 saturated heterocycles. The highest BCUT2D eigenvalue weighted by molar-refractivity contribution is 7.89. The van der Waals surface area contributed by atoms with Gasteiger partial charge in [0, 0.05) is 23.1 Å². The van der Waals surface area contributed by atoms with E-state index in [1.807, 2.05) is 0 Å². The van der Waals surface area contributed by atoms with Crippen molar-refractivity contribution in [3.8, 4) is 0 Å². The van der Waals surface area contributed by atoms with Gasteiger partial charge < -0.3 is 0 Å². The van der Waals surface area contributed by atoms with Gasteiger partial charge in [-0.05, 0) is 79.6 Å². The van der Waals surface area contributed by atoms with Crippen molar-refractivity contribution < 1.29 is 16.8 Å². The Hall–Kier alpha value is -1.16. The highest BCUT2D eigenvalue weighted by Crippen LogP contribution is 2.29. The van der Waals surface area contributed by atoms with Crippen molar-refractivity contribution >= 4 is 43.2 Å². The van der Waals surface area contributed by atoms with Crippen molar-refractivity contribution in [2.75, 3.05) is 13.1 Å². The fourth-order valence-electron chi connectivity index (χ4n) is 3.62. The summed E-state index contributed by atoms with van der Waals surface area (Å²) in [6, 6.07) is 12.1. The number of benzene rings is 2. The van der Waals surface area contributed by atoms with Gasteiger partial charge in [0.15, 0.2) is 0 Å². The molecule has 0 aliphatic heterocycles. The molecule has 0 bridgehead atoms. The molecule has 3 rings (SSSR count). The van der Waals surface area contributed by atoms with Gasteiger partial charge in [-0.15, -0.1) is 0 Å². The smallest absolute Gasteiger partial charge is 0.211 e. The van der Waals surface area contributed by atoms with E-state index in [0.717, 1.165) is 25.7 Å². The molecule has 0 aromatic heterocycles. The summed E-state index contributed by atoms with van der Waals surface area (Å²) in [4.78, 5) is 0.352. The Kier molecular flexibility index (Phi) is 7.81. The SMILES string of the molecule is O=S(=O)(NC[C@H]1CCC[C@H](CNS(=O)(=O)c2ccc(Cl)cc2)C1)c1ccc(Cl)cc1. The number of nitrogens with one attached hydrogen (secondary N) is 2. The van der Waals surface area contributed by atoms with Crippen LogP contribution in [-0.4, -0.2) is 29.9 Å². The number of sulfonamides is 2. The molecule has 1 saturated carbocycles. The Morgan fingerprint density at radius 2 is 1.07 bits per heavy atom. The number of rotatable bonds is 8. The third-order valence-electron chi connectivity index (χ3n) is 5.26. The Bertz CT molecular complexity index is 971. The van der Waals surface area contributed by atoms with Gasteiger partial charge in [0.05, 0.1) is 9.79 Å². The monoisotopic (exact) mass is 490 g/mol. The minimum atomic E-state index is -3.60. The molecule has 164 valence electrons. The van der Waals surface area contributed by atoms with E-state index in [1.165, 1.54) is 24.3 Å². The van der Waals surface area contributed by atoms with Gasteiger partial charge in [-0.2, -0.15) is 0 Å². The maximum Gasteiger partial charge on any atom is 0.240 e. The summed E-state index contributed by atoms with van der Waals surface area (Å²) < 4.78 is 55.1. The molecule has 0 unspecified atom stereocenters. The maximum absolute atomic E-state index is 12.5. The van der Waals surface area contributed by atoms with Crippen LogP contribution in [0.15, 0.2) is 58.3 Å². The van der Waals surface area contributed by atoms with Crippen LogP contribution in [0, 0.1) is 11.8 Å². The second-order valence-corrected chi connectivity index (χ2v) is 11.9. The van der Waals surface area contributed by atoms with Crippen molar-refractivity contribution in [1.29, 1.82) is 0 Å². The molecular formula is C20H24Cl2N2O4S2. The molecule has 1 fully saturated rings. The first kappa shape index (κ1) is 23.5. The number of hydrogen-bond donors (Lipinski definition) is 2. The van der Waals surface area contributed by atoms with Crippen molar-refractivity contribution in [2.45, 2.75) is 35.5 Å². The van der Waals surface area contributed by atoms with Crippen LogP contribution in [0.2, 0.25) is 10.0 Å². The van der Waals surface area contributed by atoms with Gasteiger partial charge in [-0.1, -0.05) is 29.6 Å². The van der Waals surface area contributed by atoms with Gasteiger partial charge in [0.1, 0.15) is 0 Å². The highest BCUT2D eigenvalue weighted by Gasteiger charge is 2.25. The summed E-state index contributed by atoms with van der Waals surface area (Å²) >= 11 is 11.6. The van der Waals surface area contributed by atoms with Crippen LogP contribution in [0.3, 0.4) is 0 Å². The number of hydrogen-bond acceptors (Lipinski definition) is 4. The van der Waals surface area contributed by atoms with Gasteiger partial charge in [-0.3, -0.25) is 0 Å². The first-order valence-corrected chi connectivity index (χ1v) is 13.4. The molecule has 0 heterocycles. The Morgan fingerprint density at radius 1 is 0.700 bits per heavy atom. The van der Waals surface area contributed by atoms with Gasteiger partial charge >= 0.3 is 0 Å². The molecule has 0 radical (unpaired) electrons. The molecule has 1 aliphatic rings. The molecule has 2 N–H and O–H groups in total. The number of halogens is 2. The predicted octanol–water partition coefficient (Wildman–Crippen LogP) is 4.06. The molecule has 0 spiro atoms. The van der Waals surface area contributed by atoms with Gasteiger partial charge in [0.25, 0.3) is 0 Å². The average molecular weight is 491 g/mol. The van der Waals surface area contributed by atoms with Crippen LogP contribution in [-0.2, 0) is 20.0 Å². The quantitative estimate of drug-likeness (QED) is 0.583. The fourth-order valence-corrected chi connectivity index (χ4v) is 6.11. The zero-order chi connectivity index (χ0) is 21.8. The summed E-state index contributed by atoms with van der Waals surface area (Å²) in [7, 11) is -7.20. The maximum atomic E-state index is 12.5. The van der Waals surface area contributed by atoms with E-state index < -0.39 is 20.0 Å². The van der Waals surface area contributed by atoms with E-state index in [0.29, 0.717) is 23.1 Å². The van der Waals surface area contributed by atoms with E-state index in [9.17, 15) is 16.8 Å². The zero-order valence-corrected chi connectivity index (χ0v) is 19.4. The summed E-state index contributed by atoms with van der Waals surface area (Å²) in [5.74, 6) is 0.316. The van der Waals surface area contributed by atoms with Crippen LogP contribution in [0.5, 0.6) is 0 Å². The molecule has 6 nitrogen and oxygen atoms in total. The lowest BCUT2D eigenvalue weighted by molar-refractivity contribution is 0.268. The lowest BCUT2D eigenvalue weighted by atomic mass is 9.81. The van der Waals surface area contributed by atoms with Crippen molar-refractivity contribution in [3.05, 3.63) is 58.6 Å². The fraction of sp³-hybridized carbons (Fsp3) is 0.400. The third-order valence-corrected chi connectivity index (χ3v) is 8.65. The van der Waals surface area contributed by atoms with Crippen LogP contribution in [0.4, 0.5) is 0 Å². The highest BCUT2D eigenvalue weighted by atomic mass is 35.5. The molecular weight excluding hydrogens is 467 g/mol. The third kappa shape index (κ3) is 6.42. The Labute approximate surface area is 188 Å². The first-order chi connectivity index (χ1) is 14.2. The lowest BCUT2D eigenvalue weighted by Crippen LogP contribution is -2.35. The van der Waals surface area contributed by atoms with Crippen LogP contribution < -0.4 is 9.44 Å². The topological polar surface area (TPSA) is 92.3 Å². The van der Waals surface area contributed by atoms with E-state index in [1.54, 1.807) is 24.3 Å². The van der Waals surface area contributed by atoms with E-state index in [2.05, 4.69) is 9.44 Å². The van der Waals surface area contributed by atoms with Crippen LogP contribution in [0.25, 0.3) is 0 Å². The van der Waals surface area contributed by atoms with Gasteiger partial charge in [0.2, 0.25) is 20.0 Å². The second-order valence-electron chi connectivity index (χ2n) is 7.51. The summed E-state index contributed by atoms with van der Waals surface area (Å²) in [5.41, 5.74) is 0. The molecule has 2 aromatic carbocycles. The zero-order valence-electron chi connectivity index (χ0n) is 16.2. The first-order valence-electron chi connectivity index (χ1n) is 9.66. The minimum Gasteiger partial charge on any atom is -0.211 e. The molecule has 10 heteroatoms. The Morgan fingerprint density at radius 3 is 1.43 bits per heavy atom. The molecule has 2 atom stereocenters. The van der Waals surface area contributed by atoms with E-state index in [4.69, 9.17) is 23.2 Å². The van der Waals surface area contributed by atoms with E-state index >= 15 is 0 Å².